The van der Waals surface area contributed by atoms with E-state index in [9.17, 15) is 4.79 Å². The molecular weight excluding hydrogens is 460 g/mol. The monoisotopic (exact) mass is 496 g/mol. The topological polar surface area (TPSA) is 73.8 Å². The van der Waals surface area contributed by atoms with Gasteiger partial charge in [-0.25, -0.2) is 9.97 Å². The van der Waals surface area contributed by atoms with Crippen molar-refractivity contribution in [1.82, 2.24) is 20.2 Å². The van der Waals surface area contributed by atoms with Gasteiger partial charge in [-0.15, -0.1) is 11.3 Å². The van der Waals surface area contributed by atoms with Crippen molar-refractivity contribution < 1.29 is 9.53 Å². The van der Waals surface area contributed by atoms with E-state index in [0.29, 0.717) is 6.54 Å². The predicted octanol–water partition coefficient (Wildman–Crippen LogP) is 3.80. The van der Waals surface area contributed by atoms with Crippen molar-refractivity contribution in [2.24, 2.45) is 0 Å². The number of carbonyl (C=O) groups is 1. The summed E-state index contributed by atoms with van der Waals surface area (Å²) in [6, 6.07) is 8.14. The minimum Gasteiger partial charge on any atom is -0.495 e. The lowest BCUT2D eigenvalue weighted by Crippen LogP contribution is -2.47. The zero-order valence-electron chi connectivity index (χ0n) is 21.2. The number of fused-ring (bicyclic) bond motifs is 1. The lowest BCUT2D eigenvalue weighted by Gasteiger charge is -2.37. The van der Waals surface area contributed by atoms with E-state index in [1.807, 2.05) is 25.1 Å². The number of ether oxygens (including phenoxy) is 1. The summed E-state index contributed by atoms with van der Waals surface area (Å²) in [5.74, 6) is 1.80. The van der Waals surface area contributed by atoms with Gasteiger partial charge in [-0.1, -0.05) is 26.0 Å². The number of nitrogens with one attached hydrogen (secondary N) is 1. The van der Waals surface area contributed by atoms with Crippen LogP contribution in [0.25, 0.3) is 10.2 Å². The number of nitrogens with zero attached hydrogens (tertiary/aromatic N) is 5. The molecule has 188 valence electrons. The summed E-state index contributed by atoms with van der Waals surface area (Å²) in [7, 11) is 1.71. The SMILES string of the molecule is CCN(CC)CCCNC(=O)c1sc2ncnc(N3CCN(c4ccccc4OC)CC3)c2c1C. The number of benzene rings is 1. The average molecular weight is 497 g/mol. The fraction of sp³-hybridized carbons (Fsp3) is 0.500. The molecule has 0 aliphatic carbocycles. The second-order valence-corrected chi connectivity index (χ2v) is 9.71. The maximum absolute atomic E-state index is 13.0. The van der Waals surface area contributed by atoms with E-state index < -0.39 is 0 Å². The largest absolute Gasteiger partial charge is 0.495 e. The van der Waals surface area contributed by atoms with Crippen LogP contribution in [0, 0.1) is 6.92 Å². The van der Waals surface area contributed by atoms with Crippen LogP contribution in [0.2, 0.25) is 0 Å². The Morgan fingerprint density at radius 2 is 1.83 bits per heavy atom. The molecule has 35 heavy (non-hydrogen) atoms. The van der Waals surface area contributed by atoms with Crippen LogP contribution in [0.1, 0.15) is 35.5 Å². The Morgan fingerprint density at radius 1 is 1.11 bits per heavy atom. The number of piperazine rings is 1. The van der Waals surface area contributed by atoms with Crippen molar-refractivity contribution >= 4 is 39.0 Å². The van der Waals surface area contributed by atoms with E-state index in [2.05, 4.69) is 49.9 Å². The van der Waals surface area contributed by atoms with Gasteiger partial charge in [0.1, 0.15) is 22.7 Å². The van der Waals surface area contributed by atoms with Crippen molar-refractivity contribution in [3.8, 4) is 5.75 Å². The smallest absolute Gasteiger partial charge is 0.261 e. The number of thiophene rings is 1. The quantitative estimate of drug-likeness (QED) is 0.428. The first-order chi connectivity index (χ1) is 17.1. The summed E-state index contributed by atoms with van der Waals surface area (Å²) < 4.78 is 5.55. The van der Waals surface area contributed by atoms with Gasteiger partial charge in [-0.3, -0.25) is 4.79 Å². The number of para-hydroxylation sites is 2. The molecule has 4 rings (SSSR count). The van der Waals surface area contributed by atoms with Crippen molar-refractivity contribution in [1.29, 1.82) is 0 Å². The molecule has 1 aliphatic rings. The van der Waals surface area contributed by atoms with Gasteiger partial charge < -0.3 is 24.8 Å². The van der Waals surface area contributed by atoms with Crippen LogP contribution in [-0.4, -0.2) is 80.2 Å². The second-order valence-electron chi connectivity index (χ2n) is 8.72. The summed E-state index contributed by atoms with van der Waals surface area (Å²) in [5, 5.41) is 4.10. The lowest BCUT2D eigenvalue weighted by molar-refractivity contribution is 0.0955. The average Bonchev–Trinajstić information content (AvgIpc) is 3.25. The molecule has 0 bridgehead atoms. The summed E-state index contributed by atoms with van der Waals surface area (Å²) in [6.07, 6.45) is 2.56. The number of methoxy groups -OCH3 is 1. The number of aryl methyl sites for hydroxylation is 1. The molecule has 0 radical (unpaired) electrons. The third-order valence-electron chi connectivity index (χ3n) is 6.75. The van der Waals surface area contributed by atoms with E-state index in [-0.39, 0.29) is 5.91 Å². The van der Waals surface area contributed by atoms with Gasteiger partial charge >= 0.3 is 0 Å². The van der Waals surface area contributed by atoms with E-state index in [1.165, 1.54) is 11.3 Å². The summed E-state index contributed by atoms with van der Waals surface area (Å²) >= 11 is 1.46. The summed E-state index contributed by atoms with van der Waals surface area (Å²) in [4.78, 5) is 30.7. The number of hydrogen-bond donors (Lipinski definition) is 1. The van der Waals surface area contributed by atoms with Gasteiger partial charge in [-0.05, 0) is 50.7 Å². The van der Waals surface area contributed by atoms with Crippen LogP contribution in [0.5, 0.6) is 5.75 Å². The van der Waals surface area contributed by atoms with E-state index in [0.717, 1.165) is 90.1 Å². The molecule has 1 aliphatic heterocycles. The third kappa shape index (κ3) is 5.51. The second kappa shape index (κ2) is 11.7. The van der Waals surface area contributed by atoms with Crippen LogP contribution >= 0.6 is 11.3 Å². The van der Waals surface area contributed by atoms with Crippen LogP contribution in [0.4, 0.5) is 11.5 Å². The molecule has 3 heterocycles. The molecule has 1 fully saturated rings. The highest BCUT2D eigenvalue weighted by molar-refractivity contribution is 7.20. The van der Waals surface area contributed by atoms with Gasteiger partial charge in [0.25, 0.3) is 5.91 Å². The molecule has 0 unspecified atom stereocenters. The molecule has 1 saturated heterocycles. The van der Waals surface area contributed by atoms with Crippen LogP contribution in [-0.2, 0) is 0 Å². The molecule has 9 heteroatoms. The third-order valence-corrected chi connectivity index (χ3v) is 7.95. The van der Waals surface area contributed by atoms with Crippen LogP contribution in [0.15, 0.2) is 30.6 Å². The summed E-state index contributed by atoms with van der Waals surface area (Å²) in [5.41, 5.74) is 2.09. The Morgan fingerprint density at radius 3 is 2.54 bits per heavy atom. The van der Waals surface area contributed by atoms with Crippen molar-refractivity contribution in [2.45, 2.75) is 27.2 Å². The maximum atomic E-state index is 13.0. The number of carbonyl (C=O) groups excluding carboxylic acids is 1. The highest BCUT2D eigenvalue weighted by atomic mass is 32.1. The Balaban J connectivity index is 1.45. The van der Waals surface area contributed by atoms with E-state index >= 15 is 0 Å². The zero-order valence-corrected chi connectivity index (χ0v) is 22.0. The fourth-order valence-corrected chi connectivity index (χ4v) is 5.74. The number of aromatic nitrogens is 2. The van der Waals surface area contributed by atoms with Crippen molar-refractivity contribution in [3.63, 3.8) is 0 Å². The van der Waals surface area contributed by atoms with Gasteiger partial charge in [0.05, 0.1) is 23.1 Å². The van der Waals surface area contributed by atoms with Gasteiger partial charge in [0.2, 0.25) is 0 Å². The molecule has 2 aromatic heterocycles. The molecule has 0 spiro atoms. The molecular formula is C26H36N6O2S. The van der Waals surface area contributed by atoms with Crippen LogP contribution in [0.3, 0.4) is 0 Å². The summed E-state index contributed by atoms with van der Waals surface area (Å²) in [6.45, 7) is 13.5. The van der Waals surface area contributed by atoms with Crippen molar-refractivity contribution in [3.05, 3.63) is 41.0 Å². The lowest BCUT2D eigenvalue weighted by atomic mass is 10.1. The molecule has 3 aromatic rings. The molecule has 0 atom stereocenters. The molecule has 1 amide bonds. The first-order valence-corrected chi connectivity index (χ1v) is 13.3. The number of hydrogen-bond acceptors (Lipinski definition) is 8. The number of amides is 1. The minimum absolute atomic E-state index is 0.0167. The minimum atomic E-state index is -0.0167. The van der Waals surface area contributed by atoms with Gasteiger partial charge in [-0.2, -0.15) is 0 Å². The fourth-order valence-electron chi connectivity index (χ4n) is 4.68. The first-order valence-electron chi connectivity index (χ1n) is 12.4. The van der Waals surface area contributed by atoms with Crippen LogP contribution < -0.4 is 19.9 Å². The predicted molar refractivity (Wildman–Crippen MR) is 144 cm³/mol. The zero-order chi connectivity index (χ0) is 24.8. The van der Waals surface area contributed by atoms with Gasteiger partial charge in [0.15, 0.2) is 0 Å². The van der Waals surface area contributed by atoms with Gasteiger partial charge in [0, 0.05) is 32.7 Å². The Hall–Kier alpha value is -2.91. The van der Waals surface area contributed by atoms with Crippen molar-refractivity contribution in [2.75, 3.05) is 69.3 Å². The molecule has 1 aromatic carbocycles. The molecule has 8 nitrogen and oxygen atoms in total. The highest BCUT2D eigenvalue weighted by Gasteiger charge is 2.25. The normalized spacial score (nSPS) is 14.1. The Labute approximate surface area is 211 Å². The highest BCUT2D eigenvalue weighted by Crippen LogP contribution is 2.36. The molecule has 1 N–H and O–H groups in total. The number of anilines is 2. The number of rotatable bonds is 10. The Bertz CT molecular complexity index is 1140. The standard InChI is InChI=1S/C26H36N6O2S/c1-5-30(6-2)13-9-12-27-25(33)23-19(3)22-24(28-18-29-26(22)35-23)32-16-14-31(15-17-32)20-10-7-8-11-21(20)34-4/h7-8,10-11,18H,5-6,9,12-17H2,1-4H3,(H,27,33). The maximum Gasteiger partial charge on any atom is 0.261 e. The van der Waals surface area contributed by atoms with E-state index in [1.54, 1.807) is 13.4 Å². The van der Waals surface area contributed by atoms with E-state index in [4.69, 9.17) is 4.74 Å². The molecule has 0 saturated carbocycles. The Kier molecular flexibility index (Phi) is 8.41. The first kappa shape index (κ1) is 25.2.